The van der Waals surface area contributed by atoms with Crippen LogP contribution in [-0.2, 0) is 4.79 Å². The molecule has 0 aromatic rings. The monoisotopic (exact) mass is 171 g/mol. The molecule has 1 amide bonds. The van der Waals surface area contributed by atoms with Gasteiger partial charge in [0, 0.05) is 18.4 Å². The fraction of sp³-hybridized carbons (Fsp3) is 0.889. The predicted octanol–water partition coefficient (Wildman–Crippen LogP) is 1.36. The highest BCUT2D eigenvalue weighted by Gasteiger charge is 2.46. The van der Waals surface area contributed by atoms with E-state index in [0.29, 0.717) is 13.0 Å². The maximum absolute atomic E-state index is 13.3. The van der Waals surface area contributed by atoms with Crippen LogP contribution in [-0.4, -0.2) is 29.6 Å². The predicted molar refractivity (Wildman–Crippen MR) is 43.4 cm³/mol. The molecule has 3 heteroatoms. The van der Waals surface area contributed by atoms with Crippen molar-refractivity contribution in [3.63, 3.8) is 0 Å². The Labute approximate surface area is 71.7 Å². The quantitative estimate of drug-likeness (QED) is 0.583. The molecule has 2 fully saturated rings. The summed E-state index contributed by atoms with van der Waals surface area (Å²) in [7, 11) is 0. The zero-order valence-corrected chi connectivity index (χ0v) is 7.29. The SMILES string of the molecule is CCC1[C@H](F)CN2C(=O)CC[C@H]12. The van der Waals surface area contributed by atoms with Gasteiger partial charge in [0.1, 0.15) is 6.17 Å². The Hall–Kier alpha value is -0.600. The largest absolute Gasteiger partial charge is 0.336 e. The molecule has 2 heterocycles. The van der Waals surface area contributed by atoms with Crippen LogP contribution in [0.2, 0.25) is 0 Å². The number of rotatable bonds is 1. The van der Waals surface area contributed by atoms with Crippen molar-refractivity contribution in [2.45, 2.75) is 38.4 Å². The fourth-order valence-corrected chi connectivity index (χ4v) is 2.53. The Morgan fingerprint density at radius 1 is 1.67 bits per heavy atom. The minimum Gasteiger partial charge on any atom is -0.336 e. The first kappa shape index (κ1) is 8.02. The second kappa shape index (κ2) is 2.71. The second-order valence-corrected chi connectivity index (χ2v) is 3.74. The van der Waals surface area contributed by atoms with Gasteiger partial charge in [0.25, 0.3) is 0 Å². The molecule has 3 atom stereocenters. The Morgan fingerprint density at radius 2 is 2.42 bits per heavy atom. The van der Waals surface area contributed by atoms with Crippen LogP contribution in [0.1, 0.15) is 26.2 Å². The summed E-state index contributed by atoms with van der Waals surface area (Å²) in [5, 5.41) is 0. The van der Waals surface area contributed by atoms with E-state index in [4.69, 9.17) is 0 Å². The standard InChI is InChI=1S/C9H14FNO/c1-2-6-7(10)5-11-8(6)3-4-9(11)12/h6-8H,2-5H2,1H3/t6?,7-,8-/m1/s1. The summed E-state index contributed by atoms with van der Waals surface area (Å²) in [5.74, 6) is 0.259. The number of carbonyl (C=O) groups excluding carboxylic acids is 1. The highest BCUT2D eigenvalue weighted by Crippen LogP contribution is 2.36. The molecule has 2 saturated heterocycles. The molecule has 2 rings (SSSR count). The molecule has 2 nitrogen and oxygen atoms in total. The van der Waals surface area contributed by atoms with Gasteiger partial charge < -0.3 is 4.90 Å². The number of hydrogen-bond acceptors (Lipinski definition) is 1. The molecule has 1 unspecified atom stereocenters. The van der Waals surface area contributed by atoms with E-state index < -0.39 is 6.17 Å². The van der Waals surface area contributed by atoms with Gasteiger partial charge in [-0.15, -0.1) is 0 Å². The number of fused-ring (bicyclic) bond motifs is 1. The van der Waals surface area contributed by atoms with Gasteiger partial charge in [-0.05, 0) is 12.8 Å². The maximum atomic E-state index is 13.3. The third kappa shape index (κ3) is 0.952. The zero-order chi connectivity index (χ0) is 8.72. The molecule has 0 N–H and O–H groups in total. The second-order valence-electron chi connectivity index (χ2n) is 3.74. The minimum absolute atomic E-state index is 0.108. The molecule has 12 heavy (non-hydrogen) atoms. The number of hydrogen-bond donors (Lipinski definition) is 0. The average Bonchev–Trinajstić information content (AvgIpc) is 2.52. The lowest BCUT2D eigenvalue weighted by atomic mass is 9.94. The van der Waals surface area contributed by atoms with Gasteiger partial charge in [-0.1, -0.05) is 6.92 Å². The van der Waals surface area contributed by atoms with Crippen LogP contribution >= 0.6 is 0 Å². The lowest BCUT2D eigenvalue weighted by Crippen LogP contribution is -2.29. The summed E-state index contributed by atoms with van der Waals surface area (Å²) in [6.45, 7) is 2.35. The Kier molecular flexibility index (Phi) is 1.81. The summed E-state index contributed by atoms with van der Waals surface area (Å²) in [6, 6.07) is 0.220. The van der Waals surface area contributed by atoms with E-state index in [9.17, 15) is 9.18 Å². The zero-order valence-electron chi connectivity index (χ0n) is 7.29. The normalized spacial score (nSPS) is 40.7. The highest BCUT2D eigenvalue weighted by molar-refractivity contribution is 5.79. The topological polar surface area (TPSA) is 20.3 Å². The van der Waals surface area contributed by atoms with E-state index in [0.717, 1.165) is 12.8 Å². The Morgan fingerprint density at radius 3 is 3.08 bits per heavy atom. The fourth-order valence-electron chi connectivity index (χ4n) is 2.53. The molecular formula is C9H14FNO. The van der Waals surface area contributed by atoms with Gasteiger partial charge in [-0.3, -0.25) is 4.79 Å². The maximum Gasteiger partial charge on any atom is 0.223 e. The van der Waals surface area contributed by atoms with Gasteiger partial charge >= 0.3 is 0 Å². The van der Waals surface area contributed by atoms with Crippen LogP contribution in [0.5, 0.6) is 0 Å². The first-order valence-corrected chi connectivity index (χ1v) is 4.67. The molecular weight excluding hydrogens is 157 g/mol. The summed E-state index contributed by atoms with van der Waals surface area (Å²) < 4.78 is 13.3. The molecule has 0 aliphatic carbocycles. The van der Waals surface area contributed by atoms with E-state index in [2.05, 4.69) is 0 Å². The van der Waals surface area contributed by atoms with Gasteiger partial charge in [-0.25, -0.2) is 4.39 Å². The van der Waals surface area contributed by atoms with E-state index in [-0.39, 0.29) is 17.9 Å². The average molecular weight is 171 g/mol. The first-order chi connectivity index (χ1) is 5.74. The van der Waals surface area contributed by atoms with E-state index in [1.54, 1.807) is 4.90 Å². The molecule has 2 aliphatic heterocycles. The van der Waals surface area contributed by atoms with Gasteiger partial charge in [0.2, 0.25) is 5.91 Å². The van der Waals surface area contributed by atoms with Gasteiger partial charge in [0.05, 0.1) is 6.54 Å². The molecule has 0 spiro atoms. The summed E-state index contributed by atoms with van der Waals surface area (Å²) >= 11 is 0. The summed E-state index contributed by atoms with van der Waals surface area (Å²) in [5.41, 5.74) is 0. The van der Waals surface area contributed by atoms with E-state index in [1.807, 2.05) is 6.92 Å². The third-order valence-corrected chi connectivity index (χ3v) is 3.18. The number of amides is 1. The van der Waals surface area contributed by atoms with Crippen LogP contribution in [0.25, 0.3) is 0 Å². The Balaban J connectivity index is 2.15. The summed E-state index contributed by atoms with van der Waals surface area (Å²) in [4.78, 5) is 13.0. The molecule has 2 aliphatic rings. The highest BCUT2D eigenvalue weighted by atomic mass is 19.1. The van der Waals surface area contributed by atoms with E-state index >= 15 is 0 Å². The Bertz CT molecular complexity index is 207. The third-order valence-electron chi connectivity index (χ3n) is 3.18. The van der Waals surface area contributed by atoms with Crippen molar-refractivity contribution < 1.29 is 9.18 Å². The van der Waals surface area contributed by atoms with Crippen LogP contribution in [0.4, 0.5) is 4.39 Å². The van der Waals surface area contributed by atoms with Gasteiger partial charge in [-0.2, -0.15) is 0 Å². The van der Waals surface area contributed by atoms with E-state index in [1.165, 1.54) is 0 Å². The molecule has 0 saturated carbocycles. The number of halogens is 1. The first-order valence-electron chi connectivity index (χ1n) is 4.67. The van der Waals surface area contributed by atoms with Crippen LogP contribution in [0, 0.1) is 5.92 Å². The summed E-state index contributed by atoms with van der Waals surface area (Å²) in [6.07, 6.45) is 1.59. The van der Waals surface area contributed by atoms with Crippen molar-refractivity contribution in [3.8, 4) is 0 Å². The smallest absolute Gasteiger partial charge is 0.223 e. The minimum atomic E-state index is -0.774. The van der Waals surface area contributed by atoms with Crippen molar-refractivity contribution in [2.24, 2.45) is 5.92 Å². The molecule has 0 aromatic heterocycles. The number of carbonyl (C=O) groups is 1. The van der Waals surface area contributed by atoms with Crippen molar-refractivity contribution in [3.05, 3.63) is 0 Å². The van der Waals surface area contributed by atoms with Crippen molar-refractivity contribution in [1.82, 2.24) is 4.90 Å². The lowest BCUT2D eigenvalue weighted by Gasteiger charge is -2.18. The lowest BCUT2D eigenvalue weighted by molar-refractivity contribution is -0.128. The van der Waals surface area contributed by atoms with Crippen molar-refractivity contribution >= 4 is 5.91 Å². The molecule has 0 bridgehead atoms. The molecule has 0 aromatic carbocycles. The molecule has 68 valence electrons. The van der Waals surface area contributed by atoms with Gasteiger partial charge in [0.15, 0.2) is 0 Å². The van der Waals surface area contributed by atoms with Crippen LogP contribution in [0.3, 0.4) is 0 Å². The number of nitrogens with zero attached hydrogens (tertiary/aromatic N) is 1. The molecule has 0 radical (unpaired) electrons. The van der Waals surface area contributed by atoms with Crippen LogP contribution < -0.4 is 0 Å². The number of alkyl halides is 1. The van der Waals surface area contributed by atoms with Crippen molar-refractivity contribution in [2.75, 3.05) is 6.54 Å². The van der Waals surface area contributed by atoms with Crippen LogP contribution in [0.15, 0.2) is 0 Å². The van der Waals surface area contributed by atoms with Crippen molar-refractivity contribution in [1.29, 1.82) is 0 Å².